The SMILES string of the molecule is CCC(CCO)NC(=O)Nc1cnn(CC(C)C)c1. The van der Waals surface area contributed by atoms with Crippen LogP contribution in [0.2, 0.25) is 0 Å². The highest BCUT2D eigenvalue weighted by atomic mass is 16.3. The van der Waals surface area contributed by atoms with Gasteiger partial charge in [-0.25, -0.2) is 4.79 Å². The van der Waals surface area contributed by atoms with Gasteiger partial charge in [0.05, 0.1) is 11.9 Å². The first kappa shape index (κ1) is 15.5. The van der Waals surface area contributed by atoms with Crippen molar-refractivity contribution in [3.05, 3.63) is 12.4 Å². The van der Waals surface area contributed by atoms with E-state index < -0.39 is 0 Å². The van der Waals surface area contributed by atoms with Gasteiger partial charge in [-0.05, 0) is 18.8 Å². The summed E-state index contributed by atoms with van der Waals surface area (Å²) in [5, 5.41) is 18.6. The van der Waals surface area contributed by atoms with Crippen molar-refractivity contribution in [3.8, 4) is 0 Å². The average molecular weight is 268 g/mol. The predicted molar refractivity (Wildman–Crippen MR) is 75.0 cm³/mol. The Hall–Kier alpha value is -1.56. The van der Waals surface area contributed by atoms with E-state index >= 15 is 0 Å². The Morgan fingerprint density at radius 2 is 2.26 bits per heavy atom. The third kappa shape index (κ3) is 5.74. The van der Waals surface area contributed by atoms with E-state index in [0.717, 1.165) is 13.0 Å². The van der Waals surface area contributed by atoms with Crippen LogP contribution in [0.4, 0.5) is 10.5 Å². The van der Waals surface area contributed by atoms with Crippen LogP contribution in [0.5, 0.6) is 0 Å². The van der Waals surface area contributed by atoms with Gasteiger partial charge in [0.2, 0.25) is 0 Å². The topological polar surface area (TPSA) is 79.2 Å². The van der Waals surface area contributed by atoms with Crippen LogP contribution in [0, 0.1) is 5.92 Å². The van der Waals surface area contributed by atoms with E-state index in [2.05, 4.69) is 29.6 Å². The number of hydrogen-bond acceptors (Lipinski definition) is 3. The molecule has 1 aromatic rings. The molecule has 0 bridgehead atoms. The zero-order chi connectivity index (χ0) is 14.3. The number of hydrogen-bond donors (Lipinski definition) is 3. The molecular formula is C13H24N4O2. The fourth-order valence-corrected chi connectivity index (χ4v) is 1.79. The van der Waals surface area contributed by atoms with Gasteiger partial charge in [0.25, 0.3) is 0 Å². The number of rotatable bonds is 7. The van der Waals surface area contributed by atoms with Crippen molar-refractivity contribution < 1.29 is 9.90 Å². The summed E-state index contributed by atoms with van der Waals surface area (Å²) in [5.41, 5.74) is 0.678. The summed E-state index contributed by atoms with van der Waals surface area (Å²) < 4.78 is 1.81. The molecule has 1 heterocycles. The molecule has 0 aliphatic heterocycles. The van der Waals surface area contributed by atoms with Crippen LogP contribution in [0.15, 0.2) is 12.4 Å². The lowest BCUT2D eigenvalue weighted by Crippen LogP contribution is -2.38. The van der Waals surface area contributed by atoms with Crippen molar-refractivity contribution in [1.82, 2.24) is 15.1 Å². The quantitative estimate of drug-likeness (QED) is 0.705. The second kappa shape index (κ2) is 7.78. The van der Waals surface area contributed by atoms with Gasteiger partial charge in [-0.15, -0.1) is 0 Å². The van der Waals surface area contributed by atoms with E-state index in [4.69, 9.17) is 5.11 Å². The maximum atomic E-state index is 11.7. The smallest absolute Gasteiger partial charge is 0.319 e. The molecule has 0 fully saturated rings. The van der Waals surface area contributed by atoms with E-state index in [1.54, 1.807) is 6.20 Å². The molecule has 6 nitrogen and oxygen atoms in total. The number of aliphatic hydroxyl groups excluding tert-OH is 1. The standard InChI is InChI=1S/C13H24N4O2/c1-4-11(5-6-18)15-13(19)16-12-7-14-17(9-12)8-10(2)3/h7,9-11,18H,4-6,8H2,1-3H3,(H2,15,16,19). The van der Waals surface area contributed by atoms with Gasteiger partial charge in [-0.1, -0.05) is 20.8 Å². The number of aliphatic hydroxyl groups is 1. The lowest BCUT2D eigenvalue weighted by atomic mass is 10.2. The third-order valence-electron chi connectivity index (χ3n) is 2.75. The molecule has 3 N–H and O–H groups in total. The summed E-state index contributed by atoms with van der Waals surface area (Å²) in [7, 11) is 0. The number of nitrogens with zero attached hydrogens (tertiary/aromatic N) is 2. The lowest BCUT2D eigenvalue weighted by molar-refractivity contribution is 0.237. The van der Waals surface area contributed by atoms with Crippen LogP contribution >= 0.6 is 0 Å². The van der Waals surface area contributed by atoms with Crippen molar-refractivity contribution in [2.45, 2.75) is 46.2 Å². The lowest BCUT2D eigenvalue weighted by Gasteiger charge is -2.15. The minimum Gasteiger partial charge on any atom is -0.396 e. The fraction of sp³-hybridized carbons (Fsp3) is 0.692. The zero-order valence-corrected chi connectivity index (χ0v) is 11.9. The second-order valence-electron chi connectivity index (χ2n) is 5.06. The summed E-state index contributed by atoms with van der Waals surface area (Å²) >= 11 is 0. The Kier molecular flexibility index (Phi) is 6.35. The molecule has 108 valence electrons. The number of anilines is 1. The Balaban J connectivity index is 2.45. The Bertz CT molecular complexity index is 390. The number of carbonyl (C=O) groups excluding carboxylic acids is 1. The Labute approximate surface area is 114 Å². The maximum absolute atomic E-state index is 11.7. The number of amides is 2. The molecule has 0 saturated carbocycles. The highest BCUT2D eigenvalue weighted by Gasteiger charge is 2.10. The number of carbonyl (C=O) groups is 1. The molecule has 0 aromatic carbocycles. The van der Waals surface area contributed by atoms with Gasteiger partial charge < -0.3 is 15.7 Å². The van der Waals surface area contributed by atoms with Crippen molar-refractivity contribution >= 4 is 11.7 Å². The normalized spacial score (nSPS) is 12.5. The highest BCUT2D eigenvalue weighted by molar-refractivity contribution is 5.89. The molecule has 0 aliphatic rings. The summed E-state index contributed by atoms with van der Waals surface area (Å²) in [6.07, 6.45) is 4.80. The predicted octanol–water partition coefficient (Wildman–Crippen LogP) is 1.82. The van der Waals surface area contributed by atoms with Crippen LogP contribution in [-0.4, -0.2) is 33.6 Å². The zero-order valence-electron chi connectivity index (χ0n) is 11.9. The molecular weight excluding hydrogens is 244 g/mol. The van der Waals surface area contributed by atoms with Crippen molar-refractivity contribution in [1.29, 1.82) is 0 Å². The first-order valence-electron chi connectivity index (χ1n) is 6.76. The van der Waals surface area contributed by atoms with Crippen LogP contribution in [0.3, 0.4) is 0 Å². The van der Waals surface area contributed by atoms with Gasteiger partial charge in [0.1, 0.15) is 0 Å². The van der Waals surface area contributed by atoms with Crippen molar-refractivity contribution in [2.75, 3.05) is 11.9 Å². The summed E-state index contributed by atoms with van der Waals surface area (Å²) in [6, 6.07) is -0.264. The van der Waals surface area contributed by atoms with Crippen molar-refractivity contribution in [2.24, 2.45) is 5.92 Å². The molecule has 1 unspecified atom stereocenters. The first-order valence-corrected chi connectivity index (χ1v) is 6.76. The minimum atomic E-state index is -0.260. The maximum Gasteiger partial charge on any atom is 0.319 e. The summed E-state index contributed by atoms with van der Waals surface area (Å²) in [6.45, 7) is 7.10. The van der Waals surface area contributed by atoms with Crippen LogP contribution in [0.1, 0.15) is 33.6 Å². The minimum absolute atomic E-state index is 0.00397. The van der Waals surface area contributed by atoms with Crippen molar-refractivity contribution in [3.63, 3.8) is 0 Å². The molecule has 6 heteroatoms. The molecule has 0 radical (unpaired) electrons. The number of urea groups is 1. The molecule has 19 heavy (non-hydrogen) atoms. The summed E-state index contributed by atoms with van der Waals surface area (Å²) in [5.74, 6) is 0.510. The molecule has 1 aromatic heterocycles. The van der Waals surface area contributed by atoms with E-state index in [1.807, 2.05) is 17.8 Å². The summed E-state index contributed by atoms with van der Waals surface area (Å²) in [4.78, 5) is 11.7. The van der Waals surface area contributed by atoms with E-state index in [0.29, 0.717) is 18.0 Å². The van der Waals surface area contributed by atoms with Gasteiger partial charge in [0.15, 0.2) is 0 Å². The van der Waals surface area contributed by atoms with E-state index in [-0.39, 0.29) is 18.7 Å². The van der Waals surface area contributed by atoms with Gasteiger partial charge in [0, 0.05) is 25.4 Å². The molecule has 1 atom stereocenters. The average Bonchev–Trinajstić information content (AvgIpc) is 2.74. The Morgan fingerprint density at radius 1 is 1.53 bits per heavy atom. The van der Waals surface area contributed by atoms with Crippen LogP contribution in [0.25, 0.3) is 0 Å². The molecule has 0 spiro atoms. The molecule has 2 amide bonds. The van der Waals surface area contributed by atoms with Crippen LogP contribution in [-0.2, 0) is 6.54 Å². The van der Waals surface area contributed by atoms with Gasteiger partial charge >= 0.3 is 6.03 Å². The monoisotopic (exact) mass is 268 g/mol. The number of nitrogens with one attached hydrogen (secondary N) is 2. The fourth-order valence-electron chi connectivity index (χ4n) is 1.79. The van der Waals surface area contributed by atoms with Gasteiger partial charge in [-0.2, -0.15) is 5.10 Å². The van der Waals surface area contributed by atoms with Gasteiger partial charge in [-0.3, -0.25) is 4.68 Å². The molecule has 1 rings (SSSR count). The van der Waals surface area contributed by atoms with E-state index in [9.17, 15) is 4.79 Å². The Morgan fingerprint density at radius 3 is 2.84 bits per heavy atom. The number of aromatic nitrogens is 2. The largest absolute Gasteiger partial charge is 0.396 e. The third-order valence-corrected chi connectivity index (χ3v) is 2.75. The second-order valence-corrected chi connectivity index (χ2v) is 5.06. The van der Waals surface area contributed by atoms with E-state index in [1.165, 1.54) is 0 Å². The highest BCUT2D eigenvalue weighted by Crippen LogP contribution is 2.07. The first-order chi connectivity index (χ1) is 9.05. The molecule has 0 aliphatic carbocycles. The van der Waals surface area contributed by atoms with Crippen LogP contribution < -0.4 is 10.6 Å². The molecule has 0 saturated heterocycles.